The van der Waals surface area contributed by atoms with Crippen LogP contribution in [-0.2, 0) is 6.54 Å². The van der Waals surface area contributed by atoms with Crippen molar-refractivity contribution in [2.24, 2.45) is 5.92 Å². The van der Waals surface area contributed by atoms with Crippen LogP contribution in [0.2, 0.25) is 0 Å². The molecule has 1 aliphatic heterocycles. The molecule has 1 saturated carbocycles. The third kappa shape index (κ3) is 4.40. The van der Waals surface area contributed by atoms with Crippen LogP contribution in [0.3, 0.4) is 0 Å². The Kier molecular flexibility index (Phi) is 5.79. The summed E-state index contributed by atoms with van der Waals surface area (Å²) < 4.78 is 6.30. The number of likely N-dealkylation sites (tertiary alicyclic amines) is 1. The summed E-state index contributed by atoms with van der Waals surface area (Å²) in [6, 6.07) is 13.6. The van der Waals surface area contributed by atoms with Crippen molar-refractivity contribution in [2.75, 3.05) is 13.1 Å². The molecule has 140 valence electrons. The number of piperidine rings is 1. The van der Waals surface area contributed by atoms with E-state index < -0.39 is 0 Å². The van der Waals surface area contributed by atoms with E-state index in [4.69, 9.17) is 4.74 Å². The Hall–Kier alpha value is -1.54. The van der Waals surface area contributed by atoms with E-state index in [1.54, 1.807) is 0 Å². The Morgan fingerprint density at radius 3 is 2.38 bits per heavy atom. The van der Waals surface area contributed by atoms with Crippen molar-refractivity contribution in [2.45, 2.75) is 70.9 Å². The highest BCUT2D eigenvalue weighted by Crippen LogP contribution is 2.30. The standard InChI is InChI=1S/C24H33NO/c1-2-19-7-11-23(12-8-19)26-24-13-10-21-16-20(6-9-22(21)17-24)18-25-14-4-3-5-15-25/h6,9-10,13,16-17,19,23H,2-5,7-8,11-12,14-15,18H2,1H3. The Balaban J connectivity index is 1.40. The summed E-state index contributed by atoms with van der Waals surface area (Å²) in [5.41, 5.74) is 1.44. The highest BCUT2D eigenvalue weighted by molar-refractivity contribution is 5.84. The van der Waals surface area contributed by atoms with Gasteiger partial charge in [0.05, 0.1) is 6.10 Å². The summed E-state index contributed by atoms with van der Waals surface area (Å²) in [5, 5.41) is 2.63. The summed E-state index contributed by atoms with van der Waals surface area (Å²) in [4.78, 5) is 2.59. The topological polar surface area (TPSA) is 12.5 Å². The fraction of sp³-hybridized carbons (Fsp3) is 0.583. The van der Waals surface area contributed by atoms with Gasteiger partial charge in [-0.2, -0.15) is 0 Å². The zero-order valence-electron chi connectivity index (χ0n) is 16.3. The van der Waals surface area contributed by atoms with Crippen LogP contribution >= 0.6 is 0 Å². The number of rotatable bonds is 5. The average Bonchev–Trinajstić information content (AvgIpc) is 2.69. The van der Waals surface area contributed by atoms with Crippen molar-refractivity contribution >= 4 is 10.8 Å². The summed E-state index contributed by atoms with van der Waals surface area (Å²) in [6.07, 6.45) is 10.9. The van der Waals surface area contributed by atoms with Crippen LogP contribution in [0.25, 0.3) is 10.8 Å². The maximum atomic E-state index is 6.30. The zero-order chi connectivity index (χ0) is 17.8. The molecule has 0 atom stereocenters. The second-order valence-electron chi connectivity index (χ2n) is 8.35. The largest absolute Gasteiger partial charge is 0.490 e. The zero-order valence-corrected chi connectivity index (χ0v) is 16.3. The van der Waals surface area contributed by atoms with Gasteiger partial charge >= 0.3 is 0 Å². The van der Waals surface area contributed by atoms with Crippen LogP contribution in [-0.4, -0.2) is 24.1 Å². The first-order valence-electron chi connectivity index (χ1n) is 10.7. The molecule has 0 radical (unpaired) electrons. The molecule has 2 aromatic rings. The van der Waals surface area contributed by atoms with E-state index in [0.29, 0.717) is 6.10 Å². The first kappa shape index (κ1) is 17.9. The van der Waals surface area contributed by atoms with Crippen molar-refractivity contribution in [1.82, 2.24) is 4.90 Å². The molecule has 1 saturated heterocycles. The molecule has 0 N–H and O–H groups in total. The van der Waals surface area contributed by atoms with Crippen molar-refractivity contribution in [3.8, 4) is 5.75 Å². The lowest BCUT2D eigenvalue weighted by molar-refractivity contribution is 0.130. The molecule has 0 unspecified atom stereocenters. The smallest absolute Gasteiger partial charge is 0.120 e. The number of benzene rings is 2. The van der Waals surface area contributed by atoms with Crippen LogP contribution in [0.15, 0.2) is 36.4 Å². The van der Waals surface area contributed by atoms with E-state index >= 15 is 0 Å². The SMILES string of the molecule is CCC1CCC(Oc2ccc3cc(CN4CCCCC4)ccc3c2)CC1. The van der Waals surface area contributed by atoms with Gasteiger partial charge in [0.2, 0.25) is 0 Å². The fourth-order valence-corrected chi connectivity index (χ4v) is 4.67. The van der Waals surface area contributed by atoms with Crippen molar-refractivity contribution in [1.29, 1.82) is 0 Å². The molecular formula is C24H33NO. The van der Waals surface area contributed by atoms with Crippen molar-refractivity contribution in [3.63, 3.8) is 0 Å². The Morgan fingerprint density at radius 1 is 0.885 bits per heavy atom. The minimum Gasteiger partial charge on any atom is -0.490 e. The molecule has 2 heteroatoms. The molecule has 2 nitrogen and oxygen atoms in total. The van der Waals surface area contributed by atoms with E-state index in [0.717, 1.165) is 18.2 Å². The molecule has 2 fully saturated rings. The molecule has 2 aromatic carbocycles. The molecule has 0 amide bonds. The molecule has 0 bridgehead atoms. The minimum atomic E-state index is 0.411. The van der Waals surface area contributed by atoms with E-state index in [2.05, 4.69) is 48.2 Å². The van der Waals surface area contributed by atoms with Crippen molar-refractivity contribution < 1.29 is 4.74 Å². The second kappa shape index (κ2) is 8.43. The van der Waals surface area contributed by atoms with Gasteiger partial charge in [-0.15, -0.1) is 0 Å². The fourth-order valence-electron chi connectivity index (χ4n) is 4.67. The first-order valence-corrected chi connectivity index (χ1v) is 10.7. The quantitative estimate of drug-likeness (QED) is 0.638. The molecule has 0 aromatic heterocycles. The van der Waals surface area contributed by atoms with Crippen LogP contribution < -0.4 is 4.74 Å². The van der Waals surface area contributed by atoms with Gasteiger partial charge < -0.3 is 4.74 Å². The Bertz CT molecular complexity index is 711. The lowest BCUT2D eigenvalue weighted by Crippen LogP contribution is -2.29. The minimum absolute atomic E-state index is 0.411. The van der Waals surface area contributed by atoms with Gasteiger partial charge in [0.1, 0.15) is 5.75 Å². The predicted octanol–water partition coefficient (Wildman–Crippen LogP) is 6.17. The highest BCUT2D eigenvalue weighted by atomic mass is 16.5. The van der Waals surface area contributed by atoms with E-state index in [-0.39, 0.29) is 0 Å². The number of ether oxygens (including phenoxy) is 1. The van der Waals surface area contributed by atoms with Crippen LogP contribution in [0.5, 0.6) is 5.75 Å². The third-order valence-electron chi connectivity index (χ3n) is 6.40. The molecule has 4 rings (SSSR count). The molecule has 26 heavy (non-hydrogen) atoms. The molecule has 2 aliphatic rings. The van der Waals surface area contributed by atoms with Gasteiger partial charge in [-0.25, -0.2) is 0 Å². The molecule has 1 heterocycles. The van der Waals surface area contributed by atoms with E-state index in [1.165, 1.54) is 80.8 Å². The number of hydrogen-bond acceptors (Lipinski definition) is 2. The van der Waals surface area contributed by atoms with Gasteiger partial charge in [0, 0.05) is 6.54 Å². The van der Waals surface area contributed by atoms with Gasteiger partial charge in [0.15, 0.2) is 0 Å². The molecular weight excluding hydrogens is 318 g/mol. The maximum Gasteiger partial charge on any atom is 0.120 e. The van der Waals surface area contributed by atoms with Crippen LogP contribution in [0, 0.1) is 5.92 Å². The lowest BCUT2D eigenvalue weighted by atomic mass is 9.86. The highest BCUT2D eigenvalue weighted by Gasteiger charge is 2.21. The summed E-state index contributed by atoms with van der Waals surface area (Å²) in [7, 11) is 0. The lowest BCUT2D eigenvalue weighted by Gasteiger charge is -2.28. The Labute approximate surface area is 158 Å². The van der Waals surface area contributed by atoms with Crippen LogP contribution in [0.1, 0.15) is 63.9 Å². The second-order valence-corrected chi connectivity index (χ2v) is 8.35. The van der Waals surface area contributed by atoms with Gasteiger partial charge in [-0.1, -0.05) is 38.0 Å². The van der Waals surface area contributed by atoms with E-state index in [9.17, 15) is 0 Å². The summed E-state index contributed by atoms with van der Waals surface area (Å²) in [6.45, 7) is 5.92. The average molecular weight is 352 g/mol. The van der Waals surface area contributed by atoms with Gasteiger partial charge in [-0.3, -0.25) is 4.90 Å². The third-order valence-corrected chi connectivity index (χ3v) is 6.40. The maximum absolute atomic E-state index is 6.30. The predicted molar refractivity (Wildman–Crippen MR) is 110 cm³/mol. The van der Waals surface area contributed by atoms with Crippen LogP contribution in [0.4, 0.5) is 0 Å². The van der Waals surface area contributed by atoms with Crippen molar-refractivity contribution in [3.05, 3.63) is 42.0 Å². The Morgan fingerprint density at radius 2 is 1.62 bits per heavy atom. The van der Waals surface area contributed by atoms with Gasteiger partial charge in [-0.05, 0) is 92.1 Å². The van der Waals surface area contributed by atoms with Gasteiger partial charge in [0.25, 0.3) is 0 Å². The molecule has 1 aliphatic carbocycles. The number of hydrogen-bond donors (Lipinski definition) is 0. The normalized spacial score (nSPS) is 24.7. The number of nitrogens with zero attached hydrogens (tertiary/aromatic N) is 1. The monoisotopic (exact) mass is 351 g/mol. The summed E-state index contributed by atoms with van der Waals surface area (Å²) >= 11 is 0. The number of fused-ring (bicyclic) bond motifs is 1. The first-order chi connectivity index (χ1) is 12.8. The summed E-state index contributed by atoms with van der Waals surface area (Å²) in [5.74, 6) is 1.96. The van der Waals surface area contributed by atoms with E-state index in [1.807, 2.05) is 0 Å². The molecule has 0 spiro atoms.